The van der Waals surface area contributed by atoms with Gasteiger partial charge in [-0.05, 0) is 30.5 Å². The fourth-order valence-electron chi connectivity index (χ4n) is 3.09. The lowest BCUT2D eigenvalue weighted by Crippen LogP contribution is -2.41. The van der Waals surface area contributed by atoms with Crippen LogP contribution in [0.25, 0.3) is 0 Å². The zero-order valence-electron chi connectivity index (χ0n) is 16.9. The van der Waals surface area contributed by atoms with E-state index in [1.165, 1.54) is 5.56 Å². The highest BCUT2D eigenvalue weighted by Gasteiger charge is 2.13. The van der Waals surface area contributed by atoms with Crippen molar-refractivity contribution in [2.24, 2.45) is 0 Å². The molecule has 1 saturated heterocycles. The van der Waals surface area contributed by atoms with E-state index in [0.29, 0.717) is 29.8 Å². The van der Waals surface area contributed by atoms with Gasteiger partial charge >= 0.3 is 0 Å². The highest BCUT2D eigenvalue weighted by Crippen LogP contribution is 2.20. The van der Waals surface area contributed by atoms with E-state index in [0.717, 1.165) is 38.5 Å². The summed E-state index contributed by atoms with van der Waals surface area (Å²) in [5.41, 5.74) is 2.58. The number of amides is 1. The molecule has 2 heterocycles. The number of benzene rings is 1. The summed E-state index contributed by atoms with van der Waals surface area (Å²) in [6.07, 6.45) is 0. The molecule has 1 fully saturated rings. The summed E-state index contributed by atoms with van der Waals surface area (Å²) in [5.74, 6) is 1.48. The van der Waals surface area contributed by atoms with Crippen molar-refractivity contribution in [1.82, 2.24) is 20.2 Å². The van der Waals surface area contributed by atoms with E-state index in [9.17, 15) is 4.79 Å². The monoisotopic (exact) mass is 383 g/mol. The van der Waals surface area contributed by atoms with Crippen LogP contribution in [-0.2, 0) is 4.74 Å². The number of hydrogen-bond acceptors (Lipinski definition) is 6. The number of hydrogen-bond donors (Lipinski definition) is 2. The van der Waals surface area contributed by atoms with Gasteiger partial charge in [-0.1, -0.05) is 26.0 Å². The predicted molar refractivity (Wildman–Crippen MR) is 110 cm³/mol. The number of rotatable bonds is 7. The van der Waals surface area contributed by atoms with Gasteiger partial charge in [0.15, 0.2) is 0 Å². The molecule has 7 nitrogen and oxygen atoms in total. The molecule has 7 heteroatoms. The number of nitrogens with zero attached hydrogens (tertiary/aromatic N) is 3. The normalized spacial score (nSPS) is 14.9. The van der Waals surface area contributed by atoms with E-state index >= 15 is 0 Å². The average molecular weight is 383 g/mol. The molecule has 28 heavy (non-hydrogen) atoms. The average Bonchev–Trinajstić information content (AvgIpc) is 2.68. The van der Waals surface area contributed by atoms with Crippen LogP contribution in [0.2, 0.25) is 0 Å². The van der Waals surface area contributed by atoms with E-state index in [-0.39, 0.29) is 5.91 Å². The molecule has 150 valence electrons. The Kier molecular flexibility index (Phi) is 6.95. The second kappa shape index (κ2) is 9.61. The van der Waals surface area contributed by atoms with Crippen molar-refractivity contribution < 1.29 is 9.53 Å². The lowest BCUT2D eigenvalue weighted by atomic mass is 10.0. The Labute approximate surface area is 166 Å². The van der Waals surface area contributed by atoms with Crippen molar-refractivity contribution in [3.05, 3.63) is 47.4 Å². The molecule has 1 amide bonds. The lowest BCUT2D eigenvalue weighted by molar-refractivity contribution is 0.0383. The van der Waals surface area contributed by atoms with Crippen molar-refractivity contribution in [2.75, 3.05) is 44.7 Å². The van der Waals surface area contributed by atoms with Gasteiger partial charge in [-0.25, -0.2) is 9.97 Å². The Hall–Kier alpha value is -2.51. The molecule has 1 aromatic carbocycles. The van der Waals surface area contributed by atoms with E-state index in [4.69, 9.17) is 4.74 Å². The highest BCUT2D eigenvalue weighted by molar-refractivity contribution is 5.93. The molecule has 0 bridgehead atoms. The standard InChI is InChI=1S/C21H29N5O2/c1-15(2)17-4-6-18(7-5-17)25-20-14-19(23-16(3)24-20)21(27)22-8-9-26-10-12-28-13-11-26/h4-7,14-15H,8-13H2,1-3H3,(H,22,27)(H,23,24,25). The van der Waals surface area contributed by atoms with Crippen LogP contribution in [0.3, 0.4) is 0 Å². The van der Waals surface area contributed by atoms with Gasteiger partial charge in [0.05, 0.1) is 13.2 Å². The summed E-state index contributed by atoms with van der Waals surface area (Å²) in [7, 11) is 0. The molecular formula is C21H29N5O2. The highest BCUT2D eigenvalue weighted by atomic mass is 16.5. The minimum Gasteiger partial charge on any atom is -0.379 e. The molecular weight excluding hydrogens is 354 g/mol. The van der Waals surface area contributed by atoms with Crippen LogP contribution in [-0.4, -0.2) is 60.2 Å². The number of carbonyl (C=O) groups is 1. The number of ether oxygens (including phenoxy) is 1. The van der Waals surface area contributed by atoms with Crippen LogP contribution in [0.5, 0.6) is 0 Å². The molecule has 2 aromatic rings. The third kappa shape index (κ3) is 5.74. The van der Waals surface area contributed by atoms with Crippen LogP contribution in [0, 0.1) is 6.92 Å². The van der Waals surface area contributed by atoms with Crippen LogP contribution in [0.1, 0.15) is 41.6 Å². The van der Waals surface area contributed by atoms with Crippen molar-refractivity contribution in [1.29, 1.82) is 0 Å². The van der Waals surface area contributed by atoms with E-state index in [1.54, 1.807) is 13.0 Å². The van der Waals surface area contributed by atoms with Gasteiger partial charge in [-0.2, -0.15) is 0 Å². The van der Waals surface area contributed by atoms with Crippen LogP contribution >= 0.6 is 0 Å². The maximum Gasteiger partial charge on any atom is 0.270 e. The Morgan fingerprint density at radius 3 is 2.57 bits per heavy atom. The van der Waals surface area contributed by atoms with Gasteiger partial charge in [0.2, 0.25) is 0 Å². The molecule has 3 rings (SSSR count). The van der Waals surface area contributed by atoms with Gasteiger partial charge in [-0.15, -0.1) is 0 Å². The summed E-state index contributed by atoms with van der Waals surface area (Å²) in [5, 5.41) is 6.21. The first-order valence-corrected chi connectivity index (χ1v) is 9.82. The molecule has 0 saturated carbocycles. The smallest absolute Gasteiger partial charge is 0.270 e. The predicted octanol–water partition coefficient (Wildman–Crippen LogP) is 2.71. The number of morpholine rings is 1. The number of carbonyl (C=O) groups excluding carboxylic acids is 1. The molecule has 0 unspecified atom stereocenters. The summed E-state index contributed by atoms with van der Waals surface area (Å²) in [6.45, 7) is 10.8. The van der Waals surface area contributed by atoms with Crippen molar-refractivity contribution in [3.8, 4) is 0 Å². The third-order valence-corrected chi connectivity index (χ3v) is 4.74. The van der Waals surface area contributed by atoms with Crippen LogP contribution in [0.4, 0.5) is 11.5 Å². The fraction of sp³-hybridized carbons (Fsp3) is 0.476. The molecule has 1 aliphatic heterocycles. The van der Waals surface area contributed by atoms with Gasteiger partial charge < -0.3 is 15.4 Å². The summed E-state index contributed by atoms with van der Waals surface area (Å²) in [6, 6.07) is 9.93. The SMILES string of the molecule is Cc1nc(Nc2ccc(C(C)C)cc2)cc(C(=O)NCCN2CCOCC2)n1. The number of aryl methyl sites for hydroxylation is 1. The third-order valence-electron chi connectivity index (χ3n) is 4.74. The van der Waals surface area contributed by atoms with Crippen LogP contribution < -0.4 is 10.6 Å². The summed E-state index contributed by atoms with van der Waals surface area (Å²) >= 11 is 0. The topological polar surface area (TPSA) is 79.4 Å². The first kappa shape index (κ1) is 20.2. The van der Waals surface area contributed by atoms with Crippen molar-refractivity contribution in [2.45, 2.75) is 26.7 Å². The van der Waals surface area contributed by atoms with Gasteiger partial charge in [-0.3, -0.25) is 9.69 Å². The van der Waals surface area contributed by atoms with E-state index in [2.05, 4.69) is 51.5 Å². The van der Waals surface area contributed by atoms with Gasteiger partial charge in [0.25, 0.3) is 5.91 Å². The first-order chi connectivity index (χ1) is 13.5. The second-order valence-electron chi connectivity index (χ2n) is 7.30. The Bertz CT molecular complexity index is 786. The zero-order valence-corrected chi connectivity index (χ0v) is 16.9. The first-order valence-electron chi connectivity index (χ1n) is 9.82. The molecule has 1 aliphatic rings. The summed E-state index contributed by atoms with van der Waals surface area (Å²) < 4.78 is 5.34. The van der Waals surface area contributed by atoms with E-state index < -0.39 is 0 Å². The Morgan fingerprint density at radius 2 is 1.89 bits per heavy atom. The van der Waals surface area contributed by atoms with E-state index in [1.807, 2.05) is 12.1 Å². The molecule has 0 aliphatic carbocycles. The molecule has 0 atom stereocenters. The van der Waals surface area contributed by atoms with Gasteiger partial charge in [0.1, 0.15) is 17.3 Å². The minimum atomic E-state index is -0.183. The Morgan fingerprint density at radius 1 is 1.18 bits per heavy atom. The lowest BCUT2D eigenvalue weighted by Gasteiger charge is -2.26. The minimum absolute atomic E-state index is 0.183. The zero-order chi connectivity index (χ0) is 19.9. The number of nitrogens with one attached hydrogen (secondary N) is 2. The fourth-order valence-corrected chi connectivity index (χ4v) is 3.09. The summed E-state index contributed by atoms with van der Waals surface area (Å²) in [4.78, 5) is 23.5. The maximum atomic E-state index is 12.5. The maximum absolute atomic E-state index is 12.5. The quantitative estimate of drug-likeness (QED) is 0.765. The molecule has 0 spiro atoms. The van der Waals surface area contributed by atoms with Gasteiger partial charge in [0, 0.05) is 37.9 Å². The van der Waals surface area contributed by atoms with Crippen molar-refractivity contribution in [3.63, 3.8) is 0 Å². The molecule has 2 N–H and O–H groups in total. The van der Waals surface area contributed by atoms with Crippen LogP contribution in [0.15, 0.2) is 30.3 Å². The largest absolute Gasteiger partial charge is 0.379 e. The second-order valence-corrected chi connectivity index (χ2v) is 7.30. The number of aromatic nitrogens is 2. The number of anilines is 2. The molecule has 1 aromatic heterocycles. The molecule has 0 radical (unpaired) electrons. The van der Waals surface area contributed by atoms with Crippen molar-refractivity contribution >= 4 is 17.4 Å². The Balaban J connectivity index is 1.59.